The number of hydrogen-bond acceptors (Lipinski definition) is 4. The molecular weight excluding hydrogens is 427 g/mol. The number of fused-ring (bicyclic) bond motifs is 1. The summed E-state index contributed by atoms with van der Waals surface area (Å²) < 4.78 is 19.5. The first-order chi connectivity index (χ1) is 15.4. The van der Waals surface area contributed by atoms with Crippen LogP contribution in [0.15, 0.2) is 35.7 Å². The Morgan fingerprint density at radius 3 is 2.81 bits per heavy atom. The zero-order valence-corrected chi connectivity index (χ0v) is 19.6. The molecule has 2 aliphatic rings. The zero-order valence-electron chi connectivity index (χ0n) is 18.8. The van der Waals surface area contributed by atoms with E-state index in [1.165, 1.54) is 17.0 Å². The Morgan fingerprint density at radius 1 is 1.28 bits per heavy atom. The lowest BCUT2D eigenvalue weighted by molar-refractivity contribution is -0.143. The van der Waals surface area contributed by atoms with Gasteiger partial charge in [0, 0.05) is 30.0 Å². The molecule has 4 rings (SSSR count). The van der Waals surface area contributed by atoms with Gasteiger partial charge in [0.25, 0.3) is 0 Å². The number of ether oxygens (including phenoxy) is 1. The smallest absolute Gasteiger partial charge is 0.242 e. The van der Waals surface area contributed by atoms with Crippen LogP contribution in [0, 0.1) is 17.7 Å². The van der Waals surface area contributed by atoms with Gasteiger partial charge in [-0.2, -0.15) is 0 Å². The highest BCUT2D eigenvalue weighted by Gasteiger charge is 2.37. The molecule has 172 valence electrons. The number of rotatable bonds is 9. The fourth-order valence-electron chi connectivity index (χ4n) is 4.13. The maximum atomic E-state index is 13.6. The van der Waals surface area contributed by atoms with Crippen LogP contribution < -0.4 is 4.74 Å². The van der Waals surface area contributed by atoms with E-state index in [1.807, 2.05) is 16.3 Å². The lowest BCUT2D eigenvalue weighted by Gasteiger charge is -2.37. The van der Waals surface area contributed by atoms with Crippen LogP contribution in [0.2, 0.25) is 0 Å². The molecule has 0 radical (unpaired) electrons. The minimum Gasteiger partial charge on any atom is -0.491 e. The summed E-state index contributed by atoms with van der Waals surface area (Å²) in [6.45, 7) is 5.83. The monoisotopic (exact) mass is 458 g/mol. The molecule has 0 spiro atoms. The number of carbonyl (C=O) groups excluding carboxylic acids is 2. The minimum absolute atomic E-state index is 0.0487. The summed E-state index contributed by atoms with van der Waals surface area (Å²) in [6.07, 6.45) is 3.54. The number of halogens is 1. The fourth-order valence-corrected chi connectivity index (χ4v) is 5.06. The van der Waals surface area contributed by atoms with E-state index in [4.69, 9.17) is 4.74 Å². The number of nitrogens with zero attached hydrogens (tertiary/aromatic N) is 2. The Labute approximate surface area is 193 Å². The quantitative estimate of drug-likeness (QED) is 0.548. The molecule has 0 unspecified atom stereocenters. The summed E-state index contributed by atoms with van der Waals surface area (Å²) in [7, 11) is 0. The van der Waals surface area contributed by atoms with Crippen molar-refractivity contribution in [2.24, 2.45) is 11.8 Å². The van der Waals surface area contributed by atoms with Crippen LogP contribution in [-0.2, 0) is 16.0 Å². The first-order valence-corrected chi connectivity index (χ1v) is 12.3. The van der Waals surface area contributed by atoms with Crippen LogP contribution in [0.4, 0.5) is 4.39 Å². The third-order valence-electron chi connectivity index (χ3n) is 6.16. The molecule has 7 heteroatoms. The van der Waals surface area contributed by atoms with Gasteiger partial charge in [0.15, 0.2) is 0 Å². The van der Waals surface area contributed by atoms with Gasteiger partial charge in [-0.05, 0) is 60.7 Å². The van der Waals surface area contributed by atoms with Crippen molar-refractivity contribution >= 4 is 23.2 Å². The standard InChI is InChI=1S/C25H31FN2O3S/c1-17(2)8-11-27(25(30)18-6-7-18)15-24(29)28-12-9-23-21(10-13-32-23)22(28)16-31-20-5-3-4-19(26)14-20/h3-5,10,13-14,17-18,22H,6-9,11-12,15-16H2,1-2H3/t22-/m1/s1. The van der Waals surface area contributed by atoms with Crippen molar-refractivity contribution in [2.45, 2.75) is 45.6 Å². The van der Waals surface area contributed by atoms with Crippen LogP contribution in [0.3, 0.4) is 0 Å². The highest BCUT2D eigenvalue weighted by Crippen LogP contribution is 2.35. The zero-order chi connectivity index (χ0) is 22.7. The minimum atomic E-state index is -0.352. The van der Waals surface area contributed by atoms with Gasteiger partial charge in [0.2, 0.25) is 11.8 Å². The summed E-state index contributed by atoms with van der Waals surface area (Å²) in [6, 6.07) is 7.86. The Morgan fingerprint density at radius 2 is 2.09 bits per heavy atom. The normalized spacial score (nSPS) is 17.9. The largest absolute Gasteiger partial charge is 0.491 e. The molecule has 0 saturated heterocycles. The lowest BCUT2D eigenvalue weighted by Crippen LogP contribution is -2.48. The van der Waals surface area contributed by atoms with E-state index in [0.717, 1.165) is 31.2 Å². The van der Waals surface area contributed by atoms with E-state index in [9.17, 15) is 14.0 Å². The molecule has 1 saturated carbocycles. The van der Waals surface area contributed by atoms with Gasteiger partial charge in [0.05, 0.1) is 12.6 Å². The van der Waals surface area contributed by atoms with E-state index >= 15 is 0 Å². The van der Waals surface area contributed by atoms with Crippen molar-refractivity contribution in [2.75, 3.05) is 26.2 Å². The van der Waals surface area contributed by atoms with E-state index in [2.05, 4.69) is 13.8 Å². The van der Waals surface area contributed by atoms with Crippen molar-refractivity contribution in [3.63, 3.8) is 0 Å². The highest BCUT2D eigenvalue weighted by molar-refractivity contribution is 7.10. The molecule has 5 nitrogen and oxygen atoms in total. The van der Waals surface area contributed by atoms with Gasteiger partial charge in [-0.25, -0.2) is 4.39 Å². The average Bonchev–Trinajstić information content (AvgIpc) is 3.51. The molecule has 1 aliphatic heterocycles. The maximum absolute atomic E-state index is 13.6. The molecule has 0 N–H and O–H groups in total. The van der Waals surface area contributed by atoms with Gasteiger partial charge in [-0.3, -0.25) is 9.59 Å². The van der Waals surface area contributed by atoms with Crippen LogP contribution >= 0.6 is 11.3 Å². The molecule has 2 heterocycles. The number of amides is 2. The average molecular weight is 459 g/mol. The Bertz CT molecular complexity index is 956. The van der Waals surface area contributed by atoms with Crippen LogP contribution in [0.1, 0.15) is 49.6 Å². The van der Waals surface area contributed by atoms with Crippen molar-refractivity contribution in [3.05, 3.63) is 52.0 Å². The van der Waals surface area contributed by atoms with Crippen LogP contribution in [0.25, 0.3) is 0 Å². The predicted octanol–water partition coefficient (Wildman–Crippen LogP) is 4.68. The fraction of sp³-hybridized carbons (Fsp3) is 0.520. The maximum Gasteiger partial charge on any atom is 0.242 e. The van der Waals surface area contributed by atoms with Crippen molar-refractivity contribution in [3.8, 4) is 5.75 Å². The predicted molar refractivity (Wildman–Crippen MR) is 123 cm³/mol. The molecule has 0 bridgehead atoms. The number of benzene rings is 1. The van der Waals surface area contributed by atoms with Crippen molar-refractivity contribution in [1.29, 1.82) is 0 Å². The molecule has 2 aromatic rings. The molecule has 2 amide bonds. The lowest BCUT2D eigenvalue weighted by atomic mass is 10.00. The van der Waals surface area contributed by atoms with Crippen LogP contribution in [0.5, 0.6) is 5.75 Å². The first kappa shape index (κ1) is 22.8. The Kier molecular flexibility index (Phi) is 7.13. The van der Waals surface area contributed by atoms with Gasteiger partial charge in [0.1, 0.15) is 18.2 Å². The first-order valence-electron chi connectivity index (χ1n) is 11.4. The second-order valence-corrected chi connectivity index (χ2v) is 10.1. The summed E-state index contributed by atoms with van der Waals surface area (Å²) >= 11 is 1.69. The highest BCUT2D eigenvalue weighted by atomic mass is 32.1. The second kappa shape index (κ2) is 10.0. The van der Waals surface area contributed by atoms with Crippen molar-refractivity contribution in [1.82, 2.24) is 9.80 Å². The summed E-state index contributed by atoms with van der Waals surface area (Å²) in [5, 5.41) is 2.04. The molecule has 32 heavy (non-hydrogen) atoms. The molecular formula is C25H31FN2O3S. The summed E-state index contributed by atoms with van der Waals surface area (Å²) in [5.74, 6) is 0.714. The third kappa shape index (κ3) is 5.49. The number of hydrogen-bond donors (Lipinski definition) is 0. The SMILES string of the molecule is CC(C)CCN(CC(=O)N1CCc2sccc2[C@H]1COc1cccc(F)c1)C(=O)C1CC1. The molecule has 1 aromatic carbocycles. The summed E-state index contributed by atoms with van der Waals surface area (Å²) in [5.41, 5.74) is 1.09. The number of carbonyl (C=O) groups is 2. The van der Waals surface area contributed by atoms with Gasteiger partial charge in [-0.1, -0.05) is 19.9 Å². The molecule has 1 aromatic heterocycles. The number of thiophene rings is 1. The third-order valence-corrected chi connectivity index (χ3v) is 7.16. The Balaban J connectivity index is 1.48. The second-order valence-electron chi connectivity index (χ2n) is 9.14. The van der Waals surface area contributed by atoms with E-state index in [1.54, 1.807) is 28.4 Å². The van der Waals surface area contributed by atoms with Gasteiger partial charge < -0.3 is 14.5 Å². The van der Waals surface area contributed by atoms with E-state index in [0.29, 0.717) is 24.8 Å². The Hall–Kier alpha value is -2.41. The molecule has 1 aliphatic carbocycles. The molecule has 1 atom stereocenters. The van der Waals surface area contributed by atoms with Crippen LogP contribution in [-0.4, -0.2) is 47.9 Å². The van der Waals surface area contributed by atoms with E-state index in [-0.39, 0.29) is 42.7 Å². The summed E-state index contributed by atoms with van der Waals surface area (Å²) in [4.78, 5) is 31.1. The van der Waals surface area contributed by atoms with Gasteiger partial charge >= 0.3 is 0 Å². The van der Waals surface area contributed by atoms with E-state index < -0.39 is 0 Å². The van der Waals surface area contributed by atoms with Gasteiger partial charge in [-0.15, -0.1) is 11.3 Å². The molecule has 1 fully saturated rings. The topological polar surface area (TPSA) is 49.9 Å². The van der Waals surface area contributed by atoms with Crippen molar-refractivity contribution < 1.29 is 18.7 Å².